The fraction of sp³-hybridized carbons (Fsp3) is 0.364. The van der Waals surface area contributed by atoms with E-state index in [1.807, 2.05) is 6.92 Å². The van der Waals surface area contributed by atoms with Crippen molar-refractivity contribution >= 4 is 17.4 Å². The van der Waals surface area contributed by atoms with Gasteiger partial charge in [-0.15, -0.1) is 0 Å². The van der Waals surface area contributed by atoms with Gasteiger partial charge in [0, 0.05) is 12.6 Å². The molecule has 108 valence electrons. The maximum atomic E-state index is 12.8. The summed E-state index contributed by atoms with van der Waals surface area (Å²) in [6, 6.07) is 1.38. The molecule has 0 bridgehead atoms. The molecule has 1 N–H and O–H groups in total. The number of nitrogens with zero attached hydrogens (tertiary/aromatic N) is 4. The van der Waals surface area contributed by atoms with Gasteiger partial charge in [-0.25, -0.2) is 14.6 Å². The van der Waals surface area contributed by atoms with Crippen LogP contribution in [0.1, 0.15) is 19.2 Å². The third-order valence-electron chi connectivity index (χ3n) is 2.31. The average Bonchev–Trinajstić information content (AvgIpc) is 2.82. The number of hydrogen-bond acceptors (Lipinski definition) is 4. The predicted molar refractivity (Wildman–Crippen MR) is 67.9 cm³/mol. The molecule has 2 rings (SSSR count). The minimum atomic E-state index is -4.63. The Hall–Kier alpha value is -1.83. The Kier molecular flexibility index (Phi) is 4.12. The molecule has 0 fully saturated rings. The van der Waals surface area contributed by atoms with Crippen LogP contribution >= 0.6 is 11.6 Å². The smallest absolute Gasteiger partial charge is 0.370 e. The summed E-state index contributed by atoms with van der Waals surface area (Å²) in [6.45, 7) is 2.40. The Morgan fingerprint density at radius 1 is 1.35 bits per heavy atom. The van der Waals surface area contributed by atoms with Crippen molar-refractivity contribution in [2.75, 3.05) is 11.9 Å². The minimum Gasteiger partial charge on any atom is -0.370 e. The molecule has 0 spiro atoms. The second-order valence-corrected chi connectivity index (χ2v) is 4.40. The molecular formula is C11H11ClF3N5. The van der Waals surface area contributed by atoms with E-state index in [9.17, 15) is 13.2 Å². The van der Waals surface area contributed by atoms with E-state index < -0.39 is 12.0 Å². The molecule has 0 radical (unpaired) electrons. The first-order valence-electron chi connectivity index (χ1n) is 5.81. The van der Waals surface area contributed by atoms with Crippen LogP contribution < -0.4 is 5.32 Å². The monoisotopic (exact) mass is 305 g/mol. The molecule has 2 aromatic rings. The Bertz CT molecular complexity index is 596. The molecule has 5 nitrogen and oxygen atoms in total. The summed E-state index contributed by atoms with van der Waals surface area (Å²) in [7, 11) is 0. The van der Waals surface area contributed by atoms with Crippen LogP contribution in [0.4, 0.5) is 19.0 Å². The van der Waals surface area contributed by atoms with Crippen LogP contribution in [0.3, 0.4) is 0 Å². The van der Waals surface area contributed by atoms with E-state index in [0.29, 0.717) is 11.6 Å². The minimum absolute atomic E-state index is 0.00201. The quantitative estimate of drug-likeness (QED) is 0.942. The molecule has 0 aromatic carbocycles. The van der Waals surface area contributed by atoms with Crippen molar-refractivity contribution < 1.29 is 13.2 Å². The van der Waals surface area contributed by atoms with E-state index in [1.165, 1.54) is 18.5 Å². The van der Waals surface area contributed by atoms with Crippen LogP contribution in [0.15, 0.2) is 18.5 Å². The van der Waals surface area contributed by atoms with E-state index in [-0.39, 0.29) is 11.6 Å². The van der Waals surface area contributed by atoms with Crippen molar-refractivity contribution in [1.82, 2.24) is 19.7 Å². The Labute approximate surface area is 117 Å². The van der Waals surface area contributed by atoms with Crippen LogP contribution in [0.5, 0.6) is 0 Å². The zero-order valence-corrected chi connectivity index (χ0v) is 11.2. The molecule has 0 atom stereocenters. The summed E-state index contributed by atoms with van der Waals surface area (Å²) in [6.07, 6.45) is -1.19. The molecule has 0 aliphatic rings. The Morgan fingerprint density at radius 2 is 2.10 bits per heavy atom. The summed E-state index contributed by atoms with van der Waals surface area (Å²) >= 11 is 5.70. The first kappa shape index (κ1) is 14.6. The molecule has 0 amide bonds. The van der Waals surface area contributed by atoms with Gasteiger partial charge in [-0.2, -0.15) is 18.3 Å². The SMILES string of the molecule is CCCNc1cc(-n2cc(Cl)cn2)nc(C(F)(F)F)n1. The lowest BCUT2D eigenvalue weighted by atomic mass is 10.4. The van der Waals surface area contributed by atoms with E-state index in [1.54, 1.807) is 0 Å². The summed E-state index contributed by atoms with van der Waals surface area (Å²) in [4.78, 5) is 6.92. The largest absolute Gasteiger partial charge is 0.451 e. The predicted octanol–water partition coefficient (Wildman–Crippen LogP) is 3.16. The highest BCUT2D eigenvalue weighted by molar-refractivity contribution is 6.30. The van der Waals surface area contributed by atoms with Crippen molar-refractivity contribution in [3.8, 4) is 5.82 Å². The van der Waals surface area contributed by atoms with E-state index in [0.717, 1.165) is 11.1 Å². The van der Waals surface area contributed by atoms with Crippen molar-refractivity contribution in [3.63, 3.8) is 0 Å². The van der Waals surface area contributed by atoms with Gasteiger partial charge >= 0.3 is 6.18 Å². The van der Waals surface area contributed by atoms with Gasteiger partial charge < -0.3 is 5.32 Å². The number of rotatable bonds is 4. The van der Waals surface area contributed by atoms with Crippen molar-refractivity contribution in [1.29, 1.82) is 0 Å². The summed E-state index contributed by atoms with van der Waals surface area (Å²) in [5, 5.41) is 6.93. The highest BCUT2D eigenvalue weighted by Crippen LogP contribution is 2.28. The Morgan fingerprint density at radius 3 is 2.65 bits per heavy atom. The topological polar surface area (TPSA) is 55.6 Å². The van der Waals surface area contributed by atoms with Gasteiger partial charge in [0.05, 0.1) is 17.4 Å². The van der Waals surface area contributed by atoms with Crippen LogP contribution in [-0.4, -0.2) is 26.3 Å². The second-order valence-electron chi connectivity index (χ2n) is 3.96. The number of aromatic nitrogens is 4. The maximum Gasteiger partial charge on any atom is 0.451 e. The lowest BCUT2D eigenvalue weighted by Crippen LogP contribution is -2.15. The number of halogens is 4. The molecule has 2 heterocycles. The lowest BCUT2D eigenvalue weighted by Gasteiger charge is -2.11. The van der Waals surface area contributed by atoms with Crippen molar-refractivity contribution in [3.05, 3.63) is 29.3 Å². The van der Waals surface area contributed by atoms with E-state index in [2.05, 4.69) is 20.4 Å². The van der Waals surface area contributed by atoms with Gasteiger partial charge in [0.25, 0.3) is 0 Å². The maximum absolute atomic E-state index is 12.8. The summed E-state index contributed by atoms with van der Waals surface area (Å²) < 4.78 is 39.5. The summed E-state index contributed by atoms with van der Waals surface area (Å²) in [5.74, 6) is -1.13. The molecule has 0 unspecified atom stereocenters. The molecule has 0 aliphatic carbocycles. The number of anilines is 1. The second kappa shape index (κ2) is 5.66. The normalized spacial score (nSPS) is 11.7. The van der Waals surface area contributed by atoms with Gasteiger partial charge in [0.1, 0.15) is 5.82 Å². The molecule has 0 saturated carbocycles. The molecule has 0 aliphatic heterocycles. The first-order chi connectivity index (χ1) is 9.40. The number of hydrogen-bond donors (Lipinski definition) is 1. The van der Waals surface area contributed by atoms with E-state index >= 15 is 0 Å². The lowest BCUT2D eigenvalue weighted by molar-refractivity contribution is -0.144. The zero-order chi connectivity index (χ0) is 14.8. The number of nitrogens with one attached hydrogen (secondary N) is 1. The van der Waals surface area contributed by atoms with Gasteiger partial charge in [-0.05, 0) is 6.42 Å². The highest BCUT2D eigenvalue weighted by atomic mass is 35.5. The summed E-state index contributed by atoms with van der Waals surface area (Å²) in [5.41, 5.74) is 0. The third-order valence-corrected chi connectivity index (χ3v) is 2.50. The van der Waals surface area contributed by atoms with Crippen molar-refractivity contribution in [2.45, 2.75) is 19.5 Å². The van der Waals surface area contributed by atoms with E-state index in [4.69, 9.17) is 11.6 Å². The zero-order valence-electron chi connectivity index (χ0n) is 10.4. The van der Waals surface area contributed by atoms with Gasteiger partial charge in [-0.1, -0.05) is 18.5 Å². The van der Waals surface area contributed by atoms with Crippen molar-refractivity contribution in [2.24, 2.45) is 0 Å². The molecule has 2 aromatic heterocycles. The van der Waals surface area contributed by atoms with Crippen LogP contribution in [0, 0.1) is 0 Å². The highest BCUT2D eigenvalue weighted by Gasteiger charge is 2.35. The molecule has 9 heteroatoms. The van der Waals surface area contributed by atoms with Crippen LogP contribution in [-0.2, 0) is 6.18 Å². The molecule has 0 saturated heterocycles. The third kappa shape index (κ3) is 3.38. The average molecular weight is 306 g/mol. The fourth-order valence-electron chi connectivity index (χ4n) is 1.45. The Balaban J connectivity index is 2.45. The van der Waals surface area contributed by atoms with Gasteiger partial charge in [0.15, 0.2) is 5.82 Å². The molecular weight excluding hydrogens is 295 g/mol. The van der Waals surface area contributed by atoms with Crippen LogP contribution in [0.25, 0.3) is 5.82 Å². The fourth-order valence-corrected chi connectivity index (χ4v) is 1.58. The van der Waals surface area contributed by atoms with Gasteiger partial charge in [0.2, 0.25) is 5.82 Å². The van der Waals surface area contributed by atoms with Gasteiger partial charge in [-0.3, -0.25) is 0 Å². The standard InChI is InChI=1S/C11H11ClF3N5/c1-2-3-16-8-4-9(20-6-7(12)5-17-20)19-10(18-8)11(13,14)15/h4-6H,2-3H2,1H3,(H,16,18,19). The first-order valence-corrected chi connectivity index (χ1v) is 6.18. The van der Waals surface area contributed by atoms with Crippen LogP contribution in [0.2, 0.25) is 5.02 Å². The number of alkyl halides is 3. The molecule has 20 heavy (non-hydrogen) atoms.